The average Bonchev–Trinajstić information content (AvgIpc) is 2.71. The second kappa shape index (κ2) is 5.04. The lowest BCUT2D eigenvalue weighted by molar-refractivity contribution is -0.140. The van der Waals surface area contributed by atoms with Crippen molar-refractivity contribution in [1.29, 1.82) is 0 Å². The molecule has 0 amide bonds. The summed E-state index contributed by atoms with van der Waals surface area (Å²) in [5.41, 5.74) is 2.03. The third-order valence-electron chi connectivity index (χ3n) is 3.00. The van der Waals surface area contributed by atoms with Crippen molar-refractivity contribution in [2.75, 3.05) is 7.11 Å². The number of benzene rings is 1. The molecule has 0 atom stereocenters. The summed E-state index contributed by atoms with van der Waals surface area (Å²) in [6, 6.07) is 7.36. The van der Waals surface area contributed by atoms with Crippen molar-refractivity contribution >= 4 is 17.3 Å². The minimum absolute atomic E-state index is 0.0321. The van der Waals surface area contributed by atoms with Crippen LogP contribution in [0.1, 0.15) is 24.0 Å². The van der Waals surface area contributed by atoms with Gasteiger partial charge in [-0.05, 0) is 11.1 Å². The summed E-state index contributed by atoms with van der Waals surface area (Å²) >= 11 is 0. The molecule has 0 bridgehead atoms. The molecule has 2 rings (SSSR count). The van der Waals surface area contributed by atoms with E-state index >= 15 is 0 Å². The zero-order valence-corrected chi connectivity index (χ0v) is 10.1. The van der Waals surface area contributed by atoms with E-state index in [4.69, 9.17) is 0 Å². The molecule has 0 fully saturated rings. The Kier molecular flexibility index (Phi) is 3.46. The number of carbonyl (C=O) groups excluding carboxylic acids is 2. The van der Waals surface area contributed by atoms with Crippen LogP contribution in [-0.4, -0.2) is 24.0 Å². The van der Waals surface area contributed by atoms with Crippen LogP contribution < -0.4 is 0 Å². The fraction of sp³-hybridized carbons (Fsp3) is 0.286. The number of fused-ring (bicyclic) bond motifs is 1. The molecule has 0 saturated carbocycles. The molecule has 4 nitrogen and oxygen atoms in total. The van der Waals surface area contributed by atoms with Gasteiger partial charge in [-0.2, -0.15) is 0 Å². The lowest BCUT2D eigenvalue weighted by atomic mass is 10.0. The van der Waals surface area contributed by atoms with Gasteiger partial charge in [-0.3, -0.25) is 9.59 Å². The van der Waals surface area contributed by atoms with Crippen LogP contribution in [-0.2, 0) is 20.7 Å². The smallest absolute Gasteiger partial charge is 0.305 e. The van der Waals surface area contributed by atoms with Crippen molar-refractivity contribution in [3.63, 3.8) is 0 Å². The summed E-state index contributed by atoms with van der Waals surface area (Å²) in [6.45, 7) is 0. The molecule has 94 valence electrons. The first-order valence-corrected chi connectivity index (χ1v) is 5.74. The van der Waals surface area contributed by atoms with Gasteiger partial charge in [-0.1, -0.05) is 24.3 Å². The van der Waals surface area contributed by atoms with E-state index in [1.54, 1.807) is 0 Å². The molecule has 0 spiro atoms. The van der Waals surface area contributed by atoms with E-state index in [2.05, 4.69) is 4.74 Å². The van der Waals surface area contributed by atoms with E-state index in [-0.39, 0.29) is 24.4 Å². The van der Waals surface area contributed by atoms with Crippen molar-refractivity contribution in [3.8, 4) is 0 Å². The molecular formula is C14H14O4. The van der Waals surface area contributed by atoms with Crippen LogP contribution >= 0.6 is 0 Å². The maximum atomic E-state index is 11.9. The Morgan fingerprint density at radius 2 is 2.06 bits per heavy atom. The van der Waals surface area contributed by atoms with Gasteiger partial charge in [0.05, 0.1) is 19.1 Å². The zero-order valence-electron chi connectivity index (χ0n) is 10.1. The fourth-order valence-corrected chi connectivity index (χ4v) is 2.09. The lowest BCUT2D eigenvalue weighted by Crippen LogP contribution is -2.03. The largest absolute Gasteiger partial charge is 0.512 e. The number of rotatable bonds is 3. The van der Waals surface area contributed by atoms with Gasteiger partial charge in [0.1, 0.15) is 5.76 Å². The Bertz CT molecular complexity index is 528. The molecule has 0 heterocycles. The van der Waals surface area contributed by atoms with E-state index in [1.165, 1.54) is 7.11 Å². The number of ether oxygens (including phenoxy) is 1. The second-order valence-electron chi connectivity index (χ2n) is 4.15. The van der Waals surface area contributed by atoms with Gasteiger partial charge in [0.25, 0.3) is 0 Å². The first-order valence-electron chi connectivity index (χ1n) is 5.74. The van der Waals surface area contributed by atoms with E-state index in [1.807, 2.05) is 24.3 Å². The van der Waals surface area contributed by atoms with Crippen LogP contribution in [0.15, 0.2) is 30.0 Å². The maximum absolute atomic E-state index is 11.9. The van der Waals surface area contributed by atoms with Gasteiger partial charge in [0, 0.05) is 12.8 Å². The molecule has 1 aliphatic rings. The third kappa shape index (κ3) is 2.27. The van der Waals surface area contributed by atoms with Crippen LogP contribution in [0, 0.1) is 0 Å². The zero-order chi connectivity index (χ0) is 13.1. The van der Waals surface area contributed by atoms with Crippen molar-refractivity contribution in [3.05, 3.63) is 41.2 Å². The SMILES string of the molecule is COC(=O)CC/C(O)=C1\C(=O)Cc2ccccc21. The summed E-state index contributed by atoms with van der Waals surface area (Å²) in [5, 5.41) is 9.96. The Balaban J connectivity index is 2.26. The van der Waals surface area contributed by atoms with Gasteiger partial charge in [-0.15, -0.1) is 0 Å². The molecule has 4 heteroatoms. The topological polar surface area (TPSA) is 63.6 Å². The van der Waals surface area contributed by atoms with Crippen LogP contribution in [0.4, 0.5) is 0 Å². The predicted octanol–water partition coefficient (Wildman–Crippen LogP) is 2.03. The predicted molar refractivity (Wildman–Crippen MR) is 66.0 cm³/mol. The van der Waals surface area contributed by atoms with E-state index in [0.717, 1.165) is 11.1 Å². The third-order valence-corrected chi connectivity index (χ3v) is 3.00. The van der Waals surface area contributed by atoms with Crippen molar-refractivity contribution in [2.45, 2.75) is 19.3 Å². The van der Waals surface area contributed by atoms with Gasteiger partial charge in [-0.25, -0.2) is 0 Å². The minimum Gasteiger partial charge on any atom is -0.512 e. The normalized spacial score (nSPS) is 16.4. The van der Waals surface area contributed by atoms with Gasteiger partial charge in [0.2, 0.25) is 0 Å². The number of ketones is 1. The van der Waals surface area contributed by atoms with Gasteiger partial charge >= 0.3 is 5.97 Å². The first kappa shape index (κ1) is 12.4. The molecule has 1 aromatic carbocycles. The van der Waals surface area contributed by atoms with Crippen LogP contribution in [0.3, 0.4) is 0 Å². The van der Waals surface area contributed by atoms with Crippen LogP contribution in [0.25, 0.3) is 5.57 Å². The molecular weight excluding hydrogens is 232 g/mol. The molecule has 0 unspecified atom stereocenters. The Morgan fingerprint density at radius 1 is 1.33 bits per heavy atom. The summed E-state index contributed by atoms with van der Waals surface area (Å²) in [4.78, 5) is 22.9. The molecule has 18 heavy (non-hydrogen) atoms. The van der Waals surface area contributed by atoms with E-state index in [9.17, 15) is 14.7 Å². The number of Topliss-reactive ketones (excluding diaryl/α,β-unsaturated/α-hetero) is 1. The summed E-state index contributed by atoms with van der Waals surface area (Å²) < 4.78 is 4.50. The molecule has 0 aliphatic heterocycles. The molecule has 0 radical (unpaired) electrons. The number of carbonyl (C=O) groups is 2. The van der Waals surface area contributed by atoms with Crippen LogP contribution in [0.2, 0.25) is 0 Å². The number of allylic oxidation sites excluding steroid dienone is 2. The first-order chi connectivity index (χ1) is 8.63. The fourth-order valence-electron chi connectivity index (χ4n) is 2.09. The summed E-state index contributed by atoms with van der Waals surface area (Å²) in [5.74, 6) is -0.533. The summed E-state index contributed by atoms with van der Waals surface area (Å²) in [6.07, 6.45) is 0.511. The van der Waals surface area contributed by atoms with Crippen molar-refractivity contribution in [1.82, 2.24) is 0 Å². The average molecular weight is 246 g/mol. The maximum Gasteiger partial charge on any atom is 0.305 e. The van der Waals surface area contributed by atoms with Crippen molar-refractivity contribution < 1.29 is 19.4 Å². The minimum atomic E-state index is -0.402. The van der Waals surface area contributed by atoms with Gasteiger partial charge < -0.3 is 9.84 Å². The molecule has 1 aliphatic carbocycles. The number of methoxy groups -OCH3 is 1. The Hall–Kier alpha value is -2.10. The second-order valence-corrected chi connectivity index (χ2v) is 4.15. The number of hydrogen-bond donors (Lipinski definition) is 1. The molecule has 1 N–H and O–H groups in total. The van der Waals surface area contributed by atoms with Crippen molar-refractivity contribution in [2.24, 2.45) is 0 Å². The van der Waals surface area contributed by atoms with E-state index in [0.29, 0.717) is 12.0 Å². The monoisotopic (exact) mass is 246 g/mol. The van der Waals surface area contributed by atoms with Crippen LogP contribution in [0.5, 0.6) is 0 Å². The highest BCUT2D eigenvalue weighted by molar-refractivity contribution is 6.25. The van der Waals surface area contributed by atoms with E-state index < -0.39 is 5.97 Å². The number of aliphatic hydroxyl groups excluding tert-OH is 1. The number of esters is 1. The summed E-state index contributed by atoms with van der Waals surface area (Å²) in [7, 11) is 1.29. The Morgan fingerprint density at radius 3 is 2.78 bits per heavy atom. The number of aliphatic hydroxyl groups is 1. The molecule has 1 aromatic rings. The molecule has 0 aromatic heterocycles. The quantitative estimate of drug-likeness (QED) is 0.503. The standard InChI is InChI=1S/C14H14O4/c1-18-13(17)7-6-11(15)14-10-5-3-2-4-9(10)8-12(14)16/h2-5,15H,6-8H2,1H3/b14-11+. The highest BCUT2D eigenvalue weighted by Crippen LogP contribution is 2.32. The highest BCUT2D eigenvalue weighted by Gasteiger charge is 2.27. The lowest BCUT2D eigenvalue weighted by Gasteiger charge is -2.04. The highest BCUT2D eigenvalue weighted by atomic mass is 16.5. The Labute approximate surface area is 105 Å². The number of hydrogen-bond acceptors (Lipinski definition) is 4. The van der Waals surface area contributed by atoms with Gasteiger partial charge in [0.15, 0.2) is 5.78 Å². The molecule has 0 saturated heterocycles.